The zero-order valence-corrected chi connectivity index (χ0v) is 16.3. The summed E-state index contributed by atoms with van der Waals surface area (Å²) in [4.78, 5) is 2.15. The molecule has 136 valence electrons. The molecule has 3 rings (SSSR count). The molecule has 1 aliphatic heterocycles. The molecule has 1 fully saturated rings. The predicted octanol–water partition coefficient (Wildman–Crippen LogP) is 2.57. The topological polar surface area (TPSA) is 60.1 Å². The number of benzene rings is 1. The van der Waals surface area contributed by atoms with Crippen molar-refractivity contribution in [2.24, 2.45) is 0 Å². The number of aromatic nitrogens is 3. The summed E-state index contributed by atoms with van der Waals surface area (Å²) in [5, 5.41) is 4.73. The number of sulfone groups is 1. The molecule has 2 heterocycles. The minimum Gasteiger partial charge on any atom is -0.300 e. The van der Waals surface area contributed by atoms with Crippen LogP contribution in [0.25, 0.3) is 11.4 Å². The van der Waals surface area contributed by atoms with Gasteiger partial charge in [0.1, 0.15) is 0 Å². The van der Waals surface area contributed by atoms with Gasteiger partial charge in [-0.1, -0.05) is 37.3 Å². The Hall–Kier alpha value is -1.51. The van der Waals surface area contributed by atoms with Crippen LogP contribution >= 0.6 is 12.2 Å². The quantitative estimate of drug-likeness (QED) is 0.721. The van der Waals surface area contributed by atoms with Gasteiger partial charge >= 0.3 is 0 Å². The molecule has 1 saturated heterocycles. The van der Waals surface area contributed by atoms with Crippen molar-refractivity contribution >= 4 is 22.1 Å². The van der Waals surface area contributed by atoms with Crippen molar-refractivity contribution in [2.45, 2.75) is 39.5 Å². The summed E-state index contributed by atoms with van der Waals surface area (Å²) in [5.74, 6) is 1.36. The Labute approximate surface area is 154 Å². The first-order valence-electron chi connectivity index (χ1n) is 8.62. The van der Waals surface area contributed by atoms with Crippen molar-refractivity contribution < 1.29 is 8.42 Å². The lowest BCUT2D eigenvalue weighted by atomic mass is 10.2. The first-order chi connectivity index (χ1) is 11.9. The molecule has 1 atom stereocenters. The lowest BCUT2D eigenvalue weighted by Crippen LogP contribution is -2.37. The largest absolute Gasteiger partial charge is 0.300 e. The summed E-state index contributed by atoms with van der Waals surface area (Å²) in [6.45, 7) is 6.12. The van der Waals surface area contributed by atoms with Crippen molar-refractivity contribution in [1.82, 2.24) is 19.2 Å². The van der Waals surface area contributed by atoms with E-state index in [2.05, 4.69) is 11.8 Å². The molecule has 0 radical (unpaired) electrons. The molecule has 8 heteroatoms. The maximum Gasteiger partial charge on any atom is 0.199 e. The van der Waals surface area contributed by atoms with E-state index in [1.807, 2.05) is 46.5 Å². The van der Waals surface area contributed by atoms with Crippen molar-refractivity contribution in [1.29, 1.82) is 0 Å². The highest BCUT2D eigenvalue weighted by atomic mass is 32.2. The second kappa shape index (κ2) is 7.39. The van der Waals surface area contributed by atoms with E-state index < -0.39 is 9.84 Å². The van der Waals surface area contributed by atoms with Gasteiger partial charge in [-0.2, -0.15) is 5.10 Å². The van der Waals surface area contributed by atoms with Crippen LogP contribution < -0.4 is 0 Å². The van der Waals surface area contributed by atoms with Gasteiger partial charge in [-0.15, -0.1) is 0 Å². The summed E-state index contributed by atoms with van der Waals surface area (Å²) in [7, 11) is -2.91. The number of nitrogens with zero attached hydrogens (tertiary/aromatic N) is 4. The van der Waals surface area contributed by atoms with Gasteiger partial charge in [-0.25, -0.2) is 13.1 Å². The molecule has 25 heavy (non-hydrogen) atoms. The Morgan fingerprint density at radius 3 is 2.56 bits per heavy atom. The van der Waals surface area contributed by atoms with E-state index in [1.54, 1.807) is 0 Å². The Morgan fingerprint density at radius 2 is 2.00 bits per heavy atom. The normalized spacial score (nSPS) is 19.6. The van der Waals surface area contributed by atoms with Gasteiger partial charge in [-0.3, -0.25) is 4.90 Å². The molecule has 2 aromatic rings. The molecular weight excluding hydrogens is 356 g/mol. The van der Waals surface area contributed by atoms with E-state index in [9.17, 15) is 8.42 Å². The van der Waals surface area contributed by atoms with Crippen LogP contribution in [-0.4, -0.2) is 51.8 Å². The minimum absolute atomic E-state index is 0.0452. The standard InChI is InChI=1S/C17H24N4O2S2/c1-3-19(15-10-11-25(22,23)12-15)13-21-17(24)20(4-2)16(18-21)14-8-6-5-7-9-14/h5-9,15H,3-4,10-13H2,1-2H3/t15-/m0/s1. The van der Waals surface area contributed by atoms with Crippen molar-refractivity contribution in [2.75, 3.05) is 18.1 Å². The molecule has 6 nitrogen and oxygen atoms in total. The van der Waals surface area contributed by atoms with Crippen LogP contribution in [-0.2, 0) is 23.1 Å². The molecular formula is C17H24N4O2S2. The Kier molecular flexibility index (Phi) is 5.41. The van der Waals surface area contributed by atoms with Crippen LogP contribution in [0.4, 0.5) is 0 Å². The van der Waals surface area contributed by atoms with Gasteiger partial charge in [0.05, 0.1) is 18.2 Å². The molecule has 1 aromatic carbocycles. The van der Waals surface area contributed by atoms with Crippen molar-refractivity contribution in [3.63, 3.8) is 0 Å². The fourth-order valence-corrected chi connectivity index (χ4v) is 5.40. The molecule has 0 unspecified atom stereocenters. The second-order valence-corrected chi connectivity index (χ2v) is 8.91. The predicted molar refractivity (Wildman–Crippen MR) is 102 cm³/mol. The zero-order chi connectivity index (χ0) is 18.0. The minimum atomic E-state index is -2.91. The second-order valence-electron chi connectivity index (χ2n) is 6.32. The van der Waals surface area contributed by atoms with Crippen LogP contribution in [0.15, 0.2) is 30.3 Å². The van der Waals surface area contributed by atoms with Gasteiger partial charge < -0.3 is 4.57 Å². The van der Waals surface area contributed by atoms with E-state index in [1.165, 1.54) is 0 Å². The van der Waals surface area contributed by atoms with Crippen molar-refractivity contribution in [3.8, 4) is 11.4 Å². The number of hydrogen-bond acceptors (Lipinski definition) is 5. The number of hydrogen-bond donors (Lipinski definition) is 0. The lowest BCUT2D eigenvalue weighted by molar-refractivity contribution is 0.164. The highest BCUT2D eigenvalue weighted by Crippen LogP contribution is 2.21. The Bertz CT molecular complexity index is 887. The highest BCUT2D eigenvalue weighted by molar-refractivity contribution is 7.91. The zero-order valence-electron chi connectivity index (χ0n) is 14.6. The Morgan fingerprint density at radius 1 is 1.28 bits per heavy atom. The molecule has 1 aliphatic rings. The third-order valence-corrected chi connectivity index (χ3v) is 6.90. The fourth-order valence-electron chi connectivity index (χ4n) is 3.33. The molecule has 0 aliphatic carbocycles. The molecule has 0 N–H and O–H groups in total. The van der Waals surface area contributed by atoms with E-state index >= 15 is 0 Å². The fraction of sp³-hybridized carbons (Fsp3) is 0.529. The molecule has 0 saturated carbocycles. The summed E-state index contributed by atoms with van der Waals surface area (Å²) >= 11 is 5.62. The van der Waals surface area contributed by atoms with Gasteiger partial charge in [-0.05, 0) is 32.1 Å². The smallest absolute Gasteiger partial charge is 0.199 e. The lowest BCUT2D eigenvalue weighted by Gasteiger charge is -2.26. The van der Waals surface area contributed by atoms with Crippen LogP contribution in [0.2, 0.25) is 0 Å². The SMILES string of the molecule is CCN(Cn1nc(-c2ccccc2)n(CC)c1=S)[C@H]1CCS(=O)(=O)C1. The third-order valence-electron chi connectivity index (χ3n) is 4.72. The van der Waals surface area contributed by atoms with Crippen LogP contribution in [0.5, 0.6) is 0 Å². The van der Waals surface area contributed by atoms with E-state index in [0.717, 1.165) is 24.5 Å². The van der Waals surface area contributed by atoms with Crippen molar-refractivity contribution in [3.05, 3.63) is 35.1 Å². The van der Waals surface area contributed by atoms with Crippen LogP contribution in [0.1, 0.15) is 20.3 Å². The summed E-state index contributed by atoms with van der Waals surface area (Å²) < 4.78 is 28.1. The molecule has 0 amide bonds. The van der Waals surface area contributed by atoms with Crippen LogP contribution in [0, 0.1) is 4.77 Å². The summed E-state index contributed by atoms with van der Waals surface area (Å²) in [6.07, 6.45) is 0.684. The number of rotatable bonds is 6. The first-order valence-corrected chi connectivity index (χ1v) is 10.9. The van der Waals surface area contributed by atoms with E-state index in [4.69, 9.17) is 17.3 Å². The maximum absolute atomic E-state index is 11.8. The molecule has 0 bridgehead atoms. The van der Waals surface area contributed by atoms with Gasteiger partial charge in [0, 0.05) is 18.2 Å². The van der Waals surface area contributed by atoms with Crippen LogP contribution in [0.3, 0.4) is 0 Å². The third kappa shape index (κ3) is 3.86. The van der Waals surface area contributed by atoms with Gasteiger partial charge in [0.25, 0.3) is 0 Å². The Balaban J connectivity index is 1.90. The highest BCUT2D eigenvalue weighted by Gasteiger charge is 2.32. The average molecular weight is 381 g/mol. The summed E-state index contributed by atoms with van der Waals surface area (Å²) in [6, 6.07) is 10.0. The molecule has 0 spiro atoms. The van der Waals surface area contributed by atoms with Gasteiger partial charge in [0.2, 0.25) is 0 Å². The molecule has 1 aromatic heterocycles. The van der Waals surface area contributed by atoms with E-state index in [-0.39, 0.29) is 17.5 Å². The summed E-state index contributed by atoms with van der Waals surface area (Å²) in [5.41, 5.74) is 1.03. The first kappa shape index (κ1) is 18.3. The average Bonchev–Trinajstić information content (AvgIpc) is 3.12. The van der Waals surface area contributed by atoms with E-state index in [0.29, 0.717) is 17.9 Å². The maximum atomic E-state index is 11.8. The van der Waals surface area contributed by atoms with Gasteiger partial charge in [0.15, 0.2) is 20.4 Å². The monoisotopic (exact) mass is 380 g/mol.